The third kappa shape index (κ3) is 3.60. The molecule has 13 heavy (non-hydrogen) atoms. The van der Waals surface area contributed by atoms with Crippen molar-refractivity contribution in [2.75, 3.05) is 14.1 Å². The van der Waals surface area contributed by atoms with Gasteiger partial charge in [-0.15, -0.1) is 0 Å². The second-order valence-corrected chi connectivity index (χ2v) is 3.80. The fourth-order valence-corrected chi connectivity index (χ4v) is 1.47. The molecule has 0 N–H and O–H groups in total. The van der Waals surface area contributed by atoms with Crippen molar-refractivity contribution < 1.29 is 0 Å². The van der Waals surface area contributed by atoms with E-state index in [9.17, 15) is 0 Å². The molecular weight excluding hydrogens is 158 g/mol. The molecule has 0 fully saturated rings. The van der Waals surface area contributed by atoms with E-state index in [0.717, 1.165) is 6.54 Å². The van der Waals surface area contributed by atoms with Gasteiger partial charge in [0.15, 0.2) is 0 Å². The van der Waals surface area contributed by atoms with Gasteiger partial charge in [-0.2, -0.15) is 0 Å². The van der Waals surface area contributed by atoms with Crippen molar-refractivity contribution in [2.45, 2.75) is 26.3 Å². The van der Waals surface area contributed by atoms with Crippen LogP contribution in [0.3, 0.4) is 0 Å². The molecule has 0 aliphatic carbocycles. The molecule has 1 aromatic rings. The molecule has 0 aliphatic rings. The monoisotopic (exact) mass is 177 g/mol. The molecule has 1 aromatic carbocycles. The predicted octanol–water partition coefficient (Wildman–Crippen LogP) is 2.70. The predicted molar refractivity (Wildman–Crippen MR) is 57.8 cm³/mol. The van der Waals surface area contributed by atoms with Crippen LogP contribution in [0.25, 0.3) is 0 Å². The number of rotatable bonds is 4. The maximum atomic E-state index is 2.24. The van der Waals surface area contributed by atoms with Crippen LogP contribution < -0.4 is 0 Å². The summed E-state index contributed by atoms with van der Waals surface area (Å²) in [5.41, 5.74) is 2.84. The quantitative estimate of drug-likeness (QED) is 0.683. The molecule has 72 valence electrons. The Kier molecular flexibility index (Phi) is 3.97. The van der Waals surface area contributed by atoms with Crippen LogP contribution in [0.4, 0.5) is 0 Å². The normalized spacial score (nSPS) is 10.8. The highest BCUT2D eigenvalue weighted by Crippen LogP contribution is 2.07. The number of nitrogens with zero attached hydrogens (tertiary/aromatic N) is 1. The molecule has 1 heteroatoms. The summed E-state index contributed by atoms with van der Waals surface area (Å²) in [5.74, 6) is 0. The molecular formula is C12H19N. The Balaban J connectivity index is 2.59. The van der Waals surface area contributed by atoms with Crippen molar-refractivity contribution >= 4 is 0 Å². The highest BCUT2D eigenvalue weighted by atomic mass is 15.0. The molecule has 1 rings (SSSR count). The van der Waals surface area contributed by atoms with Crippen LogP contribution in [0.15, 0.2) is 24.3 Å². The minimum atomic E-state index is 1.03. The van der Waals surface area contributed by atoms with Gasteiger partial charge in [0.05, 0.1) is 0 Å². The Bertz CT molecular complexity index is 236. The zero-order chi connectivity index (χ0) is 9.68. The summed E-state index contributed by atoms with van der Waals surface area (Å²) in [4.78, 5) is 2.19. The maximum Gasteiger partial charge on any atom is 0.0227 e. The molecule has 0 amide bonds. The summed E-state index contributed by atoms with van der Waals surface area (Å²) in [7, 11) is 4.19. The standard InChI is InChI=1S/C12H19N/c1-4-5-11-6-8-12(9-7-11)10-13(2)3/h6-9H,4-5,10H2,1-3H3. The van der Waals surface area contributed by atoms with E-state index in [-0.39, 0.29) is 0 Å². The van der Waals surface area contributed by atoms with Crippen molar-refractivity contribution in [1.29, 1.82) is 0 Å². The van der Waals surface area contributed by atoms with Gasteiger partial charge < -0.3 is 4.90 Å². The molecule has 0 unspecified atom stereocenters. The van der Waals surface area contributed by atoms with Gasteiger partial charge in [-0.1, -0.05) is 37.6 Å². The number of hydrogen-bond acceptors (Lipinski definition) is 1. The summed E-state index contributed by atoms with van der Waals surface area (Å²) in [6, 6.07) is 8.93. The Labute approximate surface area is 81.4 Å². The highest BCUT2D eigenvalue weighted by molar-refractivity contribution is 5.22. The van der Waals surface area contributed by atoms with Gasteiger partial charge in [-0.25, -0.2) is 0 Å². The van der Waals surface area contributed by atoms with Crippen molar-refractivity contribution in [1.82, 2.24) is 4.90 Å². The van der Waals surface area contributed by atoms with Gasteiger partial charge in [0.1, 0.15) is 0 Å². The van der Waals surface area contributed by atoms with Crippen LogP contribution in [0.2, 0.25) is 0 Å². The first-order valence-corrected chi connectivity index (χ1v) is 4.95. The van der Waals surface area contributed by atoms with Crippen LogP contribution >= 0.6 is 0 Å². The lowest BCUT2D eigenvalue weighted by Gasteiger charge is -2.09. The SMILES string of the molecule is CCCc1ccc(CN(C)C)cc1. The number of aryl methyl sites for hydroxylation is 1. The largest absolute Gasteiger partial charge is 0.305 e. The molecule has 0 heterocycles. The second-order valence-electron chi connectivity index (χ2n) is 3.80. The van der Waals surface area contributed by atoms with Gasteiger partial charge in [0.25, 0.3) is 0 Å². The Morgan fingerprint density at radius 3 is 2.00 bits per heavy atom. The van der Waals surface area contributed by atoms with Gasteiger partial charge in [0, 0.05) is 6.54 Å². The molecule has 0 saturated carbocycles. The van der Waals surface area contributed by atoms with E-state index < -0.39 is 0 Å². The summed E-state index contributed by atoms with van der Waals surface area (Å²) in [6.07, 6.45) is 2.43. The van der Waals surface area contributed by atoms with Crippen LogP contribution in [-0.4, -0.2) is 19.0 Å². The van der Waals surface area contributed by atoms with Crippen LogP contribution in [0, 0.1) is 0 Å². The first-order chi connectivity index (χ1) is 6.22. The minimum Gasteiger partial charge on any atom is -0.305 e. The van der Waals surface area contributed by atoms with Crippen LogP contribution in [0.5, 0.6) is 0 Å². The van der Waals surface area contributed by atoms with Crippen molar-refractivity contribution in [3.05, 3.63) is 35.4 Å². The average molecular weight is 177 g/mol. The van der Waals surface area contributed by atoms with Crippen LogP contribution in [0.1, 0.15) is 24.5 Å². The lowest BCUT2D eigenvalue weighted by Crippen LogP contribution is -2.10. The fourth-order valence-electron chi connectivity index (χ4n) is 1.47. The molecule has 0 saturated heterocycles. The highest BCUT2D eigenvalue weighted by Gasteiger charge is 1.95. The van der Waals surface area contributed by atoms with E-state index >= 15 is 0 Å². The summed E-state index contributed by atoms with van der Waals surface area (Å²) < 4.78 is 0. The topological polar surface area (TPSA) is 3.24 Å². The van der Waals surface area contributed by atoms with Crippen molar-refractivity contribution in [3.63, 3.8) is 0 Å². The summed E-state index contributed by atoms with van der Waals surface area (Å²) >= 11 is 0. The van der Waals surface area contributed by atoms with Gasteiger partial charge in [0.2, 0.25) is 0 Å². The van der Waals surface area contributed by atoms with Crippen LogP contribution in [-0.2, 0) is 13.0 Å². The van der Waals surface area contributed by atoms with E-state index in [2.05, 4.69) is 50.2 Å². The molecule has 0 aromatic heterocycles. The molecule has 0 bridgehead atoms. The molecule has 0 atom stereocenters. The molecule has 0 aliphatic heterocycles. The smallest absolute Gasteiger partial charge is 0.0227 e. The lowest BCUT2D eigenvalue weighted by molar-refractivity contribution is 0.402. The van der Waals surface area contributed by atoms with Crippen molar-refractivity contribution in [2.24, 2.45) is 0 Å². The zero-order valence-corrected chi connectivity index (χ0v) is 8.88. The maximum absolute atomic E-state index is 2.24. The van der Waals surface area contributed by atoms with Gasteiger partial charge >= 0.3 is 0 Å². The second kappa shape index (κ2) is 5.03. The van der Waals surface area contributed by atoms with E-state index in [0.29, 0.717) is 0 Å². The lowest BCUT2D eigenvalue weighted by atomic mass is 10.1. The fraction of sp³-hybridized carbons (Fsp3) is 0.500. The zero-order valence-electron chi connectivity index (χ0n) is 8.88. The third-order valence-electron chi connectivity index (χ3n) is 2.06. The van der Waals surface area contributed by atoms with E-state index in [4.69, 9.17) is 0 Å². The summed E-state index contributed by atoms with van der Waals surface area (Å²) in [5, 5.41) is 0. The Morgan fingerprint density at radius 2 is 1.54 bits per heavy atom. The van der Waals surface area contributed by atoms with E-state index in [1.165, 1.54) is 24.0 Å². The minimum absolute atomic E-state index is 1.03. The molecule has 0 radical (unpaired) electrons. The molecule has 0 spiro atoms. The first-order valence-electron chi connectivity index (χ1n) is 4.95. The first kappa shape index (κ1) is 10.3. The Hall–Kier alpha value is -0.820. The van der Waals surface area contributed by atoms with Crippen molar-refractivity contribution in [3.8, 4) is 0 Å². The Morgan fingerprint density at radius 1 is 1.00 bits per heavy atom. The average Bonchev–Trinajstić information content (AvgIpc) is 2.08. The van der Waals surface area contributed by atoms with Gasteiger partial charge in [-0.05, 0) is 31.6 Å². The summed E-state index contributed by atoms with van der Waals surface area (Å²) in [6.45, 7) is 3.25. The van der Waals surface area contributed by atoms with E-state index in [1.54, 1.807) is 0 Å². The van der Waals surface area contributed by atoms with Gasteiger partial charge in [-0.3, -0.25) is 0 Å². The molecule has 1 nitrogen and oxygen atoms in total. The van der Waals surface area contributed by atoms with E-state index in [1.807, 2.05) is 0 Å². The number of hydrogen-bond donors (Lipinski definition) is 0. The number of benzene rings is 1. The third-order valence-corrected chi connectivity index (χ3v) is 2.06.